The van der Waals surface area contributed by atoms with Gasteiger partial charge in [0.1, 0.15) is 18.1 Å². The first-order chi connectivity index (χ1) is 10.1. The molecule has 2 rings (SSSR count). The highest BCUT2D eigenvalue weighted by Gasteiger charge is 1.99. The van der Waals surface area contributed by atoms with Gasteiger partial charge in [0, 0.05) is 0 Å². The fourth-order valence-electron chi connectivity index (χ4n) is 1.97. The molecule has 0 atom stereocenters. The molecule has 0 radical (unpaired) electrons. The summed E-state index contributed by atoms with van der Waals surface area (Å²) in [5.41, 5.74) is 9.96. The van der Waals surface area contributed by atoms with Gasteiger partial charge < -0.3 is 15.6 Å². The van der Waals surface area contributed by atoms with Crippen LogP contribution in [0.2, 0.25) is 0 Å². The van der Waals surface area contributed by atoms with Gasteiger partial charge in [-0.3, -0.25) is 0 Å². The van der Waals surface area contributed by atoms with Crippen LogP contribution in [0.4, 0.5) is 0 Å². The largest absolute Gasteiger partial charge is 0.511 e. The zero-order valence-electron chi connectivity index (χ0n) is 12.5. The molecule has 0 aromatic heterocycles. The Balaban J connectivity index is 1.99. The fourth-order valence-corrected chi connectivity index (χ4v) is 1.97. The lowest BCUT2D eigenvalue weighted by Crippen LogP contribution is -2.01. The van der Waals surface area contributed by atoms with Crippen LogP contribution in [-0.4, -0.2) is 11.7 Å². The molecule has 0 aliphatic carbocycles. The zero-order valence-corrected chi connectivity index (χ0v) is 12.5. The van der Waals surface area contributed by atoms with Gasteiger partial charge in [-0.2, -0.15) is 0 Å². The predicted molar refractivity (Wildman–Crippen MR) is 86.4 cm³/mol. The number of ether oxygens (including phenoxy) is 1. The van der Waals surface area contributed by atoms with Crippen LogP contribution in [-0.2, 0) is 6.61 Å². The molecule has 3 heteroatoms. The van der Waals surface area contributed by atoms with E-state index in [1.54, 1.807) is 6.08 Å². The maximum Gasteiger partial charge on any atom is 0.119 e. The SMILES string of the molecule is Cc1ccc(COc2ccc(C=C(O)CN)cc2)cc1C. The topological polar surface area (TPSA) is 55.5 Å². The van der Waals surface area contributed by atoms with Crippen molar-refractivity contribution in [3.8, 4) is 5.75 Å². The molecule has 3 N–H and O–H groups in total. The van der Waals surface area contributed by atoms with Crippen LogP contribution in [0.15, 0.2) is 48.2 Å². The molecule has 3 nitrogen and oxygen atoms in total. The lowest BCUT2D eigenvalue weighted by molar-refractivity contribution is 0.306. The van der Waals surface area contributed by atoms with Gasteiger partial charge in [0.05, 0.1) is 6.54 Å². The Kier molecular flexibility index (Phi) is 5.01. The van der Waals surface area contributed by atoms with Gasteiger partial charge in [0.15, 0.2) is 0 Å². The number of rotatable bonds is 5. The van der Waals surface area contributed by atoms with E-state index >= 15 is 0 Å². The van der Waals surface area contributed by atoms with Crippen molar-refractivity contribution < 1.29 is 9.84 Å². The van der Waals surface area contributed by atoms with Crippen molar-refractivity contribution in [3.05, 3.63) is 70.5 Å². The molecule has 0 saturated heterocycles. The van der Waals surface area contributed by atoms with Crippen LogP contribution < -0.4 is 10.5 Å². The first kappa shape index (κ1) is 15.1. The Labute approximate surface area is 125 Å². The van der Waals surface area contributed by atoms with Gasteiger partial charge in [-0.05, 0) is 54.3 Å². The number of nitrogens with two attached hydrogens (primary N) is 1. The lowest BCUT2D eigenvalue weighted by atomic mass is 10.1. The lowest BCUT2D eigenvalue weighted by Gasteiger charge is -2.08. The second kappa shape index (κ2) is 6.95. The van der Waals surface area contributed by atoms with E-state index in [4.69, 9.17) is 10.5 Å². The molecule has 0 heterocycles. The molecule has 21 heavy (non-hydrogen) atoms. The van der Waals surface area contributed by atoms with Gasteiger partial charge in [-0.1, -0.05) is 30.3 Å². The first-order valence-electron chi connectivity index (χ1n) is 6.97. The maximum absolute atomic E-state index is 9.39. The minimum Gasteiger partial charge on any atom is -0.511 e. The van der Waals surface area contributed by atoms with Crippen molar-refractivity contribution in [2.45, 2.75) is 20.5 Å². The number of hydrogen-bond acceptors (Lipinski definition) is 3. The first-order valence-corrected chi connectivity index (χ1v) is 6.97. The standard InChI is InChI=1S/C18H21NO2/c1-13-3-4-16(9-14(13)2)12-21-18-7-5-15(6-8-18)10-17(20)11-19/h3-10,20H,11-12,19H2,1-2H3. The summed E-state index contributed by atoms with van der Waals surface area (Å²) in [7, 11) is 0. The third kappa shape index (κ3) is 4.36. The Bertz CT molecular complexity index is 630. The molecule has 0 aliphatic rings. The quantitative estimate of drug-likeness (QED) is 0.822. The van der Waals surface area contributed by atoms with E-state index in [9.17, 15) is 5.11 Å². The highest BCUT2D eigenvalue weighted by molar-refractivity contribution is 5.52. The molecular weight excluding hydrogens is 262 g/mol. The van der Waals surface area contributed by atoms with Crippen molar-refractivity contribution in [3.63, 3.8) is 0 Å². The van der Waals surface area contributed by atoms with Crippen LogP contribution in [0.3, 0.4) is 0 Å². The number of aliphatic hydroxyl groups excluding tert-OH is 1. The molecule has 0 spiro atoms. The van der Waals surface area contributed by atoms with Gasteiger partial charge in [-0.15, -0.1) is 0 Å². The second-order valence-corrected chi connectivity index (χ2v) is 5.12. The Morgan fingerprint density at radius 1 is 1.10 bits per heavy atom. The molecule has 0 unspecified atom stereocenters. The number of benzene rings is 2. The van der Waals surface area contributed by atoms with E-state index < -0.39 is 0 Å². The molecule has 0 fully saturated rings. The van der Waals surface area contributed by atoms with Crippen LogP contribution in [0.5, 0.6) is 5.75 Å². The third-order valence-electron chi connectivity index (χ3n) is 3.40. The van der Waals surface area contributed by atoms with Crippen LogP contribution in [0.1, 0.15) is 22.3 Å². The van der Waals surface area contributed by atoms with Crippen molar-refractivity contribution in [2.75, 3.05) is 6.54 Å². The van der Waals surface area contributed by atoms with Gasteiger partial charge in [0.2, 0.25) is 0 Å². The normalized spacial score (nSPS) is 11.5. The molecular formula is C18H21NO2. The second-order valence-electron chi connectivity index (χ2n) is 5.12. The average molecular weight is 283 g/mol. The van der Waals surface area contributed by atoms with Gasteiger partial charge in [-0.25, -0.2) is 0 Å². The molecule has 2 aromatic rings. The average Bonchev–Trinajstić information content (AvgIpc) is 2.50. The summed E-state index contributed by atoms with van der Waals surface area (Å²) in [6.07, 6.45) is 1.65. The highest BCUT2D eigenvalue weighted by atomic mass is 16.5. The highest BCUT2D eigenvalue weighted by Crippen LogP contribution is 2.17. The van der Waals surface area contributed by atoms with Crippen molar-refractivity contribution in [2.24, 2.45) is 5.73 Å². The zero-order chi connectivity index (χ0) is 15.2. The number of hydrogen-bond donors (Lipinski definition) is 2. The summed E-state index contributed by atoms with van der Waals surface area (Å²) >= 11 is 0. The van der Waals surface area contributed by atoms with Crippen LogP contribution >= 0.6 is 0 Å². The Morgan fingerprint density at radius 3 is 2.43 bits per heavy atom. The monoisotopic (exact) mass is 283 g/mol. The molecule has 110 valence electrons. The fraction of sp³-hybridized carbons (Fsp3) is 0.222. The molecule has 0 saturated carbocycles. The third-order valence-corrected chi connectivity index (χ3v) is 3.40. The van der Waals surface area contributed by atoms with E-state index in [0.29, 0.717) is 6.61 Å². The maximum atomic E-state index is 9.39. The summed E-state index contributed by atoms with van der Waals surface area (Å²) in [6.45, 7) is 4.89. The summed E-state index contributed by atoms with van der Waals surface area (Å²) in [4.78, 5) is 0. The van der Waals surface area contributed by atoms with Crippen molar-refractivity contribution in [1.82, 2.24) is 0 Å². The van der Waals surface area contributed by atoms with Crippen molar-refractivity contribution in [1.29, 1.82) is 0 Å². The van der Waals surface area contributed by atoms with E-state index in [-0.39, 0.29) is 12.3 Å². The van der Waals surface area contributed by atoms with E-state index in [1.165, 1.54) is 11.1 Å². The van der Waals surface area contributed by atoms with Crippen LogP contribution in [0.25, 0.3) is 6.08 Å². The summed E-state index contributed by atoms with van der Waals surface area (Å²) in [5, 5.41) is 9.39. The van der Waals surface area contributed by atoms with Gasteiger partial charge in [0.25, 0.3) is 0 Å². The summed E-state index contributed by atoms with van der Waals surface area (Å²) in [6, 6.07) is 13.9. The van der Waals surface area contributed by atoms with E-state index in [2.05, 4.69) is 32.0 Å². The number of aliphatic hydroxyl groups is 1. The molecule has 0 bridgehead atoms. The Hall–Kier alpha value is -2.26. The number of aryl methyl sites for hydroxylation is 2. The smallest absolute Gasteiger partial charge is 0.119 e. The van der Waals surface area contributed by atoms with Gasteiger partial charge >= 0.3 is 0 Å². The van der Waals surface area contributed by atoms with Crippen molar-refractivity contribution >= 4 is 6.08 Å². The summed E-state index contributed by atoms with van der Waals surface area (Å²) in [5.74, 6) is 0.969. The molecule has 2 aromatic carbocycles. The Morgan fingerprint density at radius 2 is 1.81 bits per heavy atom. The molecule has 0 aliphatic heterocycles. The summed E-state index contributed by atoms with van der Waals surface area (Å²) < 4.78 is 5.77. The molecule has 0 amide bonds. The minimum atomic E-state index is 0.144. The predicted octanol–water partition coefficient (Wildman–Crippen LogP) is 3.74. The minimum absolute atomic E-state index is 0.144. The van der Waals surface area contributed by atoms with Crippen LogP contribution in [0, 0.1) is 13.8 Å². The van der Waals surface area contributed by atoms with E-state index in [0.717, 1.165) is 16.9 Å². The van der Waals surface area contributed by atoms with E-state index in [1.807, 2.05) is 24.3 Å².